The summed E-state index contributed by atoms with van der Waals surface area (Å²) in [6, 6.07) is 9.69. The fraction of sp³-hybridized carbons (Fsp3) is 0.625. The molecule has 1 rings (SSSR count). The SMILES string of the molecule is CCCNC(CCN(C)C(C)C)c1cccc(Br)c1. The van der Waals surface area contributed by atoms with Crippen molar-refractivity contribution in [2.75, 3.05) is 20.1 Å². The first-order valence-electron chi connectivity index (χ1n) is 7.23. The number of halogens is 1. The first kappa shape index (κ1) is 16.7. The number of nitrogens with one attached hydrogen (secondary N) is 1. The van der Waals surface area contributed by atoms with Gasteiger partial charge in [0.15, 0.2) is 0 Å². The molecule has 0 bridgehead atoms. The minimum absolute atomic E-state index is 0.443. The fourth-order valence-corrected chi connectivity index (χ4v) is 2.44. The average molecular weight is 327 g/mol. The Kier molecular flexibility index (Phi) is 7.66. The summed E-state index contributed by atoms with van der Waals surface area (Å²) in [6.45, 7) is 8.89. The molecule has 0 heterocycles. The first-order chi connectivity index (χ1) is 9.04. The van der Waals surface area contributed by atoms with Crippen LogP contribution in [0.5, 0.6) is 0 Å². The highest BCUT2D eigenvalue weighted by Gasteiger charge is 2.13. The molecular formula is C16H27BrN2. The van der Waals surface area contributed by atoms with Gasteiger partial charge in [-0.2, -0.15) is 0 Å². The van der Waals surface area contributed by atoms with Crippen LogP contribution in [0.25, 0.3) is 0 Å². The fourth-order valence-electron chi connectivity index (χ4n) is 2.02. The Balaban J connectivity index is 2.66. The quantitative estimate of drug-likeness (QED) is 0.769. The van der Waals surface area contributed by atoms with Crippen LogP contribution in [0.1, 0.15) is 45.2 Å². The molecule has 108 valence electrons. The van der Waals surface area contributed by atoms with Crippen molar-refractivity contribution in [2.45, 2.75) is 45.7 Å². The van der Waals surface area contributed by atoms with Gasteiger partial charge in [0.05, 0.1) is 0 Å². The van der Waals surface area contributed by atoms with Crippen molar-refractivity contribution in [1.82, 2.24) is 10.2 Å². The molecule has 1 aromatic carbocycles. The smallest absolute Gasteiger partial charge is 0.0332 e. The van der Waals surface area contributed by atoms with Crippen LogP contribution in [0.3, 0.4) is 0 Å². The Morgan fingerprint density at radius 2 is 2.05 bits per heavy atom. The monoisotopic (exact) mass is 326 g/mol. The van der Waals surface area contributed by atoms with Crippen LogP contribution in [-0.2, 0) is 0 Å². The summed E-state index contributed by atoms with van der Waals surface area (Å²) in [6.07, 6.45) is 2.32. The summed E-state index contributed by atoms with van der Waals surface area (Å²) < 4.78 is 1.16. The van der Waals surface area contributed by atoms with Crippen molar-refractivity contribution in [3.8, 4) is 0 Å². The molecule has 0 saturated heterocycles. The first-order valence-corrected chi connectivity index (χ1v) is 8.03. The highest BCUT2D eigenvalue weighted by atomic mass is 79.9. The van der Waals surface area contributed by atoms with Gasteiger partial charge in [0.25, 0.3) is 0 Å². The van der Waals surface area contributed by atoms with E-state index < -0.39 is 0 Å². The van der Waals surface area contributed by atoms with Gasteiger partial charge in [-0.15, -0.1) is 0 Å². The van der Waals surface area contributed by atoms with Crippen LogP contribution in [-0.4, -0.2) is 31.1 Å². The largest absolute Gasteiger partial charge is 0.310 e. The van der Waals surface area contributed by atoms with Gasteiger partial charge >= 0.3 is 0 Å². The lowest BCUT2D eigenvalue weighted by Gasteiger charge is -2.25. The van der Waals surface area contributed by atoms with E-state index in [1.54, 1.807) is 0 Å². The Labute approximate surface area is 126 Å². The van der Waals surface area contributed by atoms with Gasteiger partial charge in [0.2, 0.25) is 0 Å². The van der Waals surface area contributed by atoms with E-state index in [2.05, 4.69) is 78.2 Å². The normalized spacial score (nSPS) is 13.2. The molecule has 2 nitrogen and oxygen atoms in total. The van der Waals surface area contributed by atoms with E-state index in [-0.39, 0.29) is 0 Å². The van der Waals surface area contributed by atoms with E-state index in [1.165, 1.54) is 12.0 Å². The molecule has 1 atom stereocenters. The Morgan fingerprint density at radius 3 is 2.63 bits per heavy atom. The molecule has 19 heavy (non-hydrogen) atoms. The van der Waals surface area contributed by atoms with Gasteiger partial charge in [-0.05, 0) is 64.5 Å². The summed E-state index contributed by atoms with van der Waals surface area (Å²) in [5, 5.41) is 3.66. The zero-order valence-corrected chi connectivity index (χ0v) is 14.2. The van der Waals surface area contributed by atoms with Gasteiger partial charge in [-0.3, -0.25) is 0 Å². The lowest BCUT2D eigenvalue weighted by Crippen LogP contribution is -2.31. The third-order valence-corrected chi connectivity index (χ3v) is 4.04. The Morgan fingerprint density at radius 1 is 1.32 bits per heavy atom. The van der Waals surface area contributed by atoms with Gasteiger partial charge in [-0.1, -0.05) is 35.0 Å². The summed E-state index contributed by atoms with van der Waals surface area (Å²) >= 11 is 3.56. The van der Waals surface area contributed by atoms with Crippen LogP contribution in [0.4, 0.5) is 0 Å². The molecule has 1 N–H and O–H groups in total. The maximum Gasteiger partial charge on any atom is 0.0332 e. The van der Waals surface area contributed by atoms with Crippen LogP contribution < -0.4 is 5.32 Å². The van der Waals surface area contributed by atoms with Gasteiger partial charge < -0.3 is 10.2 Å². The standard InChI is InChI=1S/C16H27BrN2/c1-5-10-18-16(9-11-19(4)13(2)3)14-7-6-8-15(17)12-14/h6-8,12-13,16,18H,5,9-11H2,1-4H3. The molecule has 0 radical (unpaired) electrons. The van der Waals surface area contributed by atoms with Crippen LogP contribution in [0.2, 0.25) is 0 Å². The van der Waals surface area contributed by atoms with Gasteiger partial charge in [-0.25, -0.2) is 0 Å². The molecular weight excluding hydrogens is 300 g/mol. The van der Waals surface area contributed by atoms with Crippen LogP contribution in [0.15, 0.2) is 28.7 Å². The predicted molar refractivity (Wildman–Crippen MR) is 87.6 cm³/mol. The number of benzene rings is 1. The molecule has 0 aliphatic heterocycles. The Hall–Kier alpha value is -0.380. The van der Waals surface area contributed by atoms with E-state index in [0.717, 1.165) is 24.0 Å². The third-order valence-electron chi connectivity index (χ3n) is 3.54. The van der Waals surface area contributed by atoms with Crippen molar-refractivity contribution < 1.29 is 0 Å². The van der Waals surface area contributed by atoms with Crippen LogP contribution in [0, 0.1) is 0 Å². The molecule has 1 unspecified atom stereocenters. The van der Waals surface area contributed by atoms with Gasteiger partial charge in [0.1, 0.15) is 0 Å². The number of hydrogen-bond acceptors (Lipinski definition) is 2. The van der Waals surface area contributed by atoms with E-state index in [4.69, 9.17) is 0 Å². The van der Waals surface area contributed by atoms with Gasteiger partial charge in [0, 0.05) is 16.6 Å². The molecule has 3 heteroatoms. The molecule has 1 aromatic rings. The highest BCUT2D eigenvalue weighted by Crippen LogP contribution is 2.21. The van der Waals surface area contributed by atoms with Crippen LogP contribution >= 0.6 is 15.9 Å². The minimum Gasteiger partial charge on any atom is -0.310 e. The molecule has 0 amide bonds. The van der Waals surface area contributed by atoms with E-state index in [1.807, 2.05) is 0 Å². The molecule has 0 aliphatic carbocycles. The molecule has 0 saturated carbocycles. The predicted octanol–water partition coefficient (Wildman–Crippen LogP) is 4.22. The highest BCUT2D eigenvalue weighted by molar-refractivity contribution is 9.10. The number of hydrogen-bond donors (Lipinski definition) is 1. The second kappa shape index (κ2) is 8.72. The van der Waals surface area contributed by atoms with Crippen molar-refractivity contribution in [3.05, 3.63) is 34.3 Å². The zero-order chi connectivity index (χ0) is 14.3. The van der Waals surface area contributed by atoms with E-state index in [0.29, 0.717) is 12.1 Å². The van der Waals surface area contributed by atoms with E-state index in [9.17, 15) is 0 Å². The zero-order valence-electron chi connectivity index (χ0n) is 12.6. The van der Waals surface area contributed by atoms with Crippen molar-refractivity contribution in [1.29, 1.82) is 0 Å². The number of rotatable bonds is 8. The summed E-state index contributed by atoms with van der Waals surface area (Å²) in [5.41, 5.74) is 1.37. The third kappa shape index (κ3) is 6.07. The maximum absolute atomic E-state index is 3.66. The summed E-state index contributed by atoms with van der Waals surface area (Å²) in [4.78, 5) is 2.40. The topological polar surface area (TPSA) is 15.3 Å². The second-order valence-corrected chi connectivity index (χ2v) is 6.34. The summed E-state index contributed by atoms with van der Waals surface area (Å²) in [5.74, 6) is 0. The van der Waals surface area contributed by atoms with Crippen molar-refractivity contribution in [2.24, 2.45) is 0 Å². The van der Waals surface area contributed by atoms with Crippen molar-refractivity contribution >= 4 is 15.9 Å². The van der Waals surface area contributed by atoms with Crippen molar-refractivity contribution in [3.63, 3.8) is 0 Å². The number of nitrogens with zero attached hydrogens (tertiary/aromatic N) is 1. The maximum atomic E-state index is 3.66. The summed E-state index contributed by atoms with van der Waals surface area (Å²) in [7, 11) is 2.20. The average Bonchev–Trinajstić information content (AvgIpc) is 2.38. The lowest BCUT2D eigenvalue weighted by atomic mass is 10.0. The molecule has 0 aliphatic rings. The minimum atomic E-state index is 0.443. The lowest BCUT2D eigenvalue weighted by molar-refractivity contribution is 0.256. The molecule has 0 aromatic heterocycles. The van der Waals surface area contributed by atoms with E-state index >= 15 is 0 Å². The molecule has 0 fully saturated rings. The Bertz CT molecular complexity index is 366. The molecule has 0 spiro atoms. The second-order valence-electron chi connectivity index (χ2n) is 5.42.